The van der Waals surface area contributed by atoms with Crippen LogP contribution in [0.15, 0.2) is 10.5 Å². The molecule has 3 heteroatoms. The molecular formula is C18H22Br2O. The van der Waals surface area contributed by atoms with Gasteiger partial charge in [0, 0.05) is 14.9 Å². The number of alkyl halides is 1. The molecule has 3 aliphatic carbocycles. The number of hydrogen-bond donors (Lipinski definition) is 0. The molecule has 0 N–H and O–H groups in total. The Kier molecular flexibility index (Phi) is 3.46. The molecule has 114 valence electrons. The van der Waals surface area contributed by atoms with Crippen LogP contribution in [0.2, 0.25) is 0 Å². The Morgan fingerprint density at radius 1 is 1.19 bits per heavy atom. The molecule has 4 rings (SSSR count). The zero-order valence-corrected chi connectivity index (χ0v) is 16.0. The highest BCUT2D eigenvalue weighted by Gasteiger charge is 2.66. The minimum atomic E-state index is 0.446. The largest absolute Gasteiger partial charge is 0.496 e. The molecule has 5 unspecified atom stereocenters. The van der Waals surface area contributed by atoms with Crippen molar-refractivity contribution in [1.82, 2.24) is 0 Å². The zero-order chi connectivity index (χ0) is 14.9. The van der Waals surface area contributed by atoms with Gasteiger partial charge in [0.2, 0.25) is 0 Å². The van der Waals surface area contributed by atoms with Gasteiger partial charge >= 0.3 is 0 Å². The lowest BCUT2D eigenvalue weighted by atomic mass is 9.93. The molecule has 3 aliphatic rings. The van der Waals surface area contributed by atoms with Crippen molar-refractivity contribution in [3.05, 3.63) is 27.2 Å². The van der Waals surface area contributed by atoms with E-state index in [1.807, 2.05) is 0 Å². The molecule has 1 aromatic rings. The molecule has 0 heterocycles. The fourth-order valence-electron chi connectivity index (χ4n) is 5.45. The number of ether oxygens (including phenoxy) is 1. The highest BCUT2D eigenvalue weighted by molar-refractivity contribution is 9.10. The van der Waals surface area contributed by atoms with E-state index in [2.05, 4.69) is 51.8 Å². The van der Waals surface area contributed by atoms with E-state index in [1.54, 1.807) is 7.11 Å². The lowest BCUT2D eigenvalue weighted by Gasteiger charge is -2.22. The Hall–Kier alpha value is -0.0200. The van der Waals surface area contributed by atoms with Crippen molar-refractivity contribution in [2.24, 2.45) is 29.6 Å². The highest BCUT2D eigenvalue weighted by Crippen LogP contribution is 2.74. The SMILES string of the molecule is COc1c(C)cc(Br)c(C)c1C(Br)C1C2C3CCC(C3)C21. The molecule has 2 bridgehead atoms. The molecule has 1 aromatic carbocycles. The van der Waals surface area contributed by atoms with Crippen LogP contribution in [0, 0.1) is 43.4 Å². The van der Waals surface area contributed by atoms with Crippen LogP contribution in [0.5, 0.6) is 5.75 Å². The summed E-state index contributed by atoms with van der Waals surface area (Å²) >= 11 is 7.78. The van der Waals surface area contributed by atoms with Gasteiger partial charge in [0.25, 0.3) is 0 Å². The lowest BCUT2D eigenvalue weighted by Crippen LogP contribution is -2.08. The van der Waals surface area contributed by atoms with Gasteiger partial charge in [-0.1, -0.05) is 31.9 Å². The molecular weight excluding hydrogens is 392 g/mol. The Bertz CT molecular complexity index is 581. The summed E-state index contributed by atoms with van der Waals surface area (Å²) in [6, 6.07) is 2.18. The summed E-state index contributed by atoms with van der Waals surface area (Å²) in [5.41, 5.74) is 3.93. The standard InChI is InChI=1S/C18H22Br2O/c1-8-6-12(19)9(2)13(18(8)21-3)17(20)16-14-10-4-5-11(7-10)15(14)16/h6,10-11,14-17H,4-5,7H2,1-3H3. The van der Waals surface area contributed by atoms with Gasteiger partial charge in [-0.2, -0.15) is 0 Å². The number of fused-ring (bicyclic) bond motifs is 5. The second kappa shape index (κ2) is 4.99. The van der Waals surface area contributed by atoms with Crippen LogP contribution in [-0.2, 0) is 0 Å². The minimum absolute atomic E-state index is 0.446. The third-order valence-electron chi connectivity index (χ3n) is 6.32. The summed E-state index contributed by atoms with van der Waals surface area (Å²) in [6.45, 7) is 4.35. The van der Waals surface area contributed by atoms with E-state index in [4.69, 9.17) is 4.74 Å². The van der Waals surface area contributed by atoms with Crippen molar-refractivity contribution < 1.29 is 4.74 Å². The Balaban J connectivity index is 1.71. The smallest absolute Gasteiger partial charge is 0.126 e. The summed E-state index contributed by atoms with van der Waals surface area (Å²) < 4.78 is 6.95. The first-order valence-electron chi connectivity index (χ1n) is 8.02. The first-order valence-corrected chi connectivity index (χ1v) is 9.73. The predicted octanol–water partition coefficient (Wildman–Crippen LogP) is 5.80. The second-order valence-corrected chi connectivity index (χ2v) is 9.06. The Labute approximate surface area is 144 Å². The van der Waals surface area contributed by atoms with Crippen LogP contribution in [-0.4, -0.2) is 7.11 Å². The van der Waals surface area contributed by atoms with Crippen LogP contribution in [0.25, 0.3) is 0 Å². The number of methoxy groups -OCH3 is 1. The van der Waals surface area contributed by atoms with Crippen molar-refractivity contribution in [2.75, 3.05) is 7.11 Å². The Morgan fingerprint density at radius 2 is 1.81 bits per heavy atom. The van der Waals surface area contributed by atoms with E-state index in [0.717, 1.165) is 35.3 Å². The Morgan fingerprint density at radius 3 is 2.38 bits per heavy atom. The summed E-state index contributed by atoms with van der Waals surface area (Å²) in [5.74, 6) is 5.91. The van der Waals surface area contributed by atoms with Gasteiger partial charge in [-0.3, -0.25) is 0 Å². The van der Waals surface area contributed by atoms with Crippen LogP contribution < -0.4 is 4.74 Å². The van der Waals surface area contributed by atoms with Gasteiger partial charge in [-0.25, -0.2) is 0 Å². The van der Waals surface area contributed by atoms with Gasteiger partial charge in [0.1, 0.15) is 5.75 Å². The maximum Gasteiger partial charge on any atom is 0.126 e. The molecule has 0 aliphatic heterocycles. The van der Waals surface area contributed by atoms with Crippen molar-refractivity contribution in [3.8, 4) is 5.75 Å². The lowest BCUT2D eigenvalue weighted by molar-refractivity contribution is 0.399. The van der Waals surface area contributed by atoms with Crippen LogP contribution >= 0.6 is 31.9 Å². The molecule has 3 saturated carbocycles. The summed E-state index contributed by atoms with van der Waals surface area (Å²) in [5, 5.41) is 0. The van der Waals surface area contributed by atoms with Gasteiger partial charge in [-0.15, -0.1) is 0 Å². The predicted molar refractivity (Wildman–Crippen MR) is 93.1 cm³/mol. The molecule has 5 atom stereocenters. The van der Waals surface area contributed by atoms with Crippen molar-refractivity contribution in [1.29, 1.82) is 0 Å². The normalized spacial score (nSPS) is 37.5. The molecule has 0 aromatic heterocycles. The second-order valence-electron chi connectivity index (χ2n) is 7.21. The first kappa shape index (κ1) is 14.6. The first-order chi connectivity index (χ1) is 10.0. The third-order valence-corrected chi connectivity index (χ3v) is 8.21. The summed E-state index contributed by atoms with van der Waals surface area (Å²) in [6.07, 6.45) is 4.48. The number of aryl methyl sites for hydroxylation is 1. The quantitative estimate of drug-likeness (QED) is 0.568. The molecule has 0 saturated heterocycles. The third kappa shape index (κ3) is 1.99. The van der Waals surface area contributed by atoms with E-state index in [-0.39, 0.29) is 0 Å². The van der Waals surface area contributed by atoms with Crippen LogP contribution in [0.4, 0.5) is 0 Å². The van der Waals surface area contributed by atoms with Gasteiger partial charge < -0.3 is 4.74 Å². The van der Waals surface area contributed by atoms with Gasteiger partial charge in [0.05, 0.1) is 7.11 Å². The topological polar surface area (TPSA) is 9.23 Å². The molecule has 1 nitrogen and oxygen atoms in total. The van der Waals surface area contributed by atoms with Crippen molar-refractivity contribution >= 4 is 31.9 Å². The van der Waals surface area contributed by atoms with Gasteiger partial charge in [-0.05, 0) is 79.9 Å². The summed E-state index contributed by atoms with van der Waals surface area (Å²) in [4.78, 5) is 0.446. The number of benzene rings is 1. The fourth-order valence-corrected chi connectivity index (χ4v) is 7.27. The highest BCUT2D eigenvalue weighted by atomic mass is 79.9. The van der Waals surface area contributed by atoms with E-state index >= 15 is 0 Å². The number of halogens is 2. The number of rotatable bonds is 3. The molecule has 21 heavy (non-hydrogen) atoms. The molecule has 0 spiro atoms. The molecule has 0 amide bonds. The van der Waals surface area contributed by atoms with Crippen molar-refractivity contribution in [3.63, 3.8) is 0 Å². The minimum Gasteiger partial charge on any atom is -0.496 e. The van der Waals surface area contributed by atoms with E-state index in [1.165, 1.54) is 40.4 Å². The average Bonchev–Trinajstić information content (AvgIpc) is 2.89. The fraction of sp³-hybridized carbons (Fsp3) is 0.667. The molecule has 3 fully saturated rings. The maximum atomic E-state index is 5.75. The van der Waals surface area contributed by atoms with Crippen molar-refractivity contribution in [2.45, 2.75) is 37.9 Å². The maximum absolute atomic E-state index is 5.75. The van der Waals surface area contributed by atoms with Crippen LogP contribution in [0.3, 0.4) is 0 Å². The van der Waals surface area contributed by atoms with E-state index < -0.39 is 0 Å². The average molecular weight is 414 g/mol. The molecule has 0 radical (unpaired) electrons. The van der Waals surface area contributed by atoms with E-state index in [0.29, 0.717) is 4.83 Å². The number of hydrogen-bond acceptors (Lipinski definition) is 1. The van der Waals surface area contributed by atoms with E-state index in [9.17, 15) is 0 Å². The monoisotopic (exact) mass is 412 g/mol. The summed E-state index contributed by atoms with van der Waals surface area (Å²) in [7, 11) is 1.80. The van der Waals surface area contributed by atoms with Gasteiger partial charge in [0.15, 0.2) is 0 Å². The van der Waals surface area contributed by atoms with Crippen LogP contribution in [0.1, 0.15) is 40.8 Å². The zero-order valence-electron chi connectivity index (χ0n) is 12.8.